The van der Waals surface area contributed by atoms with Crippen molar-refractivity contribution in [3.05, 3.63) is 25.9 Å². The van der Waals surface area contributed by atoms with Crippen molar-refractivity contribution in [3.63, 3.8) is 0 Å². The second-order valence-electron chi connectivity index (χ2n) is 1.74. The van der Waals surface area contributed by atoms with Crippen LogP contribution in [0.1, 0.15) is 10.4 Å². The van der Waals surface area contributed by atoms with Gasteiger partial charge in [-0.1, -0.05) is 11.6 Å². The van der Waals surface area contributed by atoms with E-state index >= 15 is 0 Å². The molecule has 0 saturated carbocycles. The summed E-state index contributed by atoms with van der Waals surface area (Å²) in [7, 11) is 0. The molecular formula is C6H2Br2ClNO. The van der Waals surface area contributed by atoms with E-state index in [9.17, 15) is 4.79 Å². The Hall–Kier alpha value is 0.0700. The van der Waals surface area contributed by atoms with Crippen LogP contribution in [0, 0.1) is 0 Å². The molecule has 11 heavy (non-hydrogen) atoms. The van der Waals surface area contributed by atoms with Crippen LogP contribution in [0.25, 0.3) is 0 Å². The van der Waals surface area contributed by atoms with Crippen molar-refractivity contribution in [2.24, 2.45) is 0 Å². The van der Waals surface area contributed by atoms with Crippen LogP contribution >= 0.6 is 43.5 Å². The van der Waals surface area contributed by atoms with Crippen molar-refractivity contribution in [2.45, 2.75) is 0 Å². The SMILES string of the molecule is O=Cc1c(Br)ncc(Br)c1Cl. The Morgan fingerprint density at radius 3 is 2.64 bits per heavy atom. The Bertz CT molecular complexity index is 303. The molecule has 0 spiro atoms. The van der Waals surface area contributed by atoms with Gasteiger partial charge >= 0.3 is 0 Å². The maximum absolute atomic E-state index is 10.4. The molecule has 1 aromatic rings. The summed E-state index contributed by atoms with van der Waals surface area (Å²) in [6, 6.07) is 0. The number of pyridine rings is 1. The van der Waals surface area contributed by atoms with E-state index in [1.807, 2.05) is 0 Å². The molecule has 2 nitrogen and oxygen atoms in total. The zero-order valence-electron chi connectivity index (χ0n) is 5.14. The molecule has 0 unspecified atom stereocenters. The molecular weight excluding hydrogens is 297 g/mol. The maximum atomic E-state index is 10.4. The van der Waals surface area contributed by atoms with Crippen molar-refractivity contribution in [1.29, 1.82) is 0 Å². The molecule has 0 N–H and O–H groups in total. The first kappa shape index (κ1) is 9.16. The average Bonchev–Trinajstić information content (AvgIpc) is 1.99. The number of aromatic nitrogens is 1. The van der Waals surface area contributed by atoms with E-state index < -0.39 is 0 Å². The molecule has 0 bridgehead atoms. The monoisotopic (exact) mass is 297 g/mol. The molecule has 1 rings (SSSR count). The second-order valence-corrected chi connectivity index (χ2v) is 3.73. The van der Waals surface area contributed by atoms with Gasteiger partial charge in [0, 0.05) is 6.20 Å². The van der Waals surface area contributed by atoms with Crippen LogP contribution in [0.15, 0.2) is 15.3 Å². The maximum Gasteiger partial charge on any atom is 0.154 e. The Balaban J connectivity index is 3.40. The van der Waals surface area contributed by atoms with Crippen LogP contribution in [0.3, 0.4) is 0 Å². The zero-order chi connectivity index (χ0) is 8.43. The predicted molar refractivity (Wildman–Crippen MR) is 50.0 cm³/mol. The summed E-state index contributed by atoms with van der Waals surface area (Å²) >= 11 is 12.0. The van der Waals surface area contributed by atoms with Gasteiger partial charge in [0.15, 0.2) is 6.29 Å². The van der Waals surface area contributed by atoms with Crippen molar-refractivity contribution < 1.29 is 4.79 Å². The standard InChI is InChI=1S/C6H2Br2ClNO/c7-4-1-10-6(8)3(2-11)5(4)9/h1-2H. The van der Waals surface area contributed by atoms with Gasteiger partial charge < -0.3 is 0 Å². The van der Waals surface area contributed by atoms with Crippen LogP contribution in [0.5, 0.6) is 0 Å². The second kappa shape index (κ2) is 3.65. The minimum Gasteiger partial charge on any atom is -0.298 e. The van der Waals surface area contributed by atoms with Crippen LogP contribution in [-0.4, -0.2) is 11.3 Å². The molecule has 0 saturated heterocycles. The van der Waals surface area contributed by atoms with E-state index in [0.717, 1.165) is 0 Å². The molecule has 0 fully saturated rings. The van der Waals surface area contributed by atoms with Crippen molar-refractivity contribution >= 4 is 49.7 Å². The molecule has 58 valence electrons. The molecule has 5 heteroatoms. The van der Waals surface area contributed by atoms with E-state index in [-0.39, 0.29) is 0 Å². The number of hydrogen-bond acceptors (Lipinski definition) is 2. The van der Waals surface area contributed by atoms with Gasteiger partial charge in [-0.3, -0.25) is 4.79 Å². The lowest BCUT2D eigenvalue weighted by Gasteiger charge is -1.99. The lowest BCUT2D eigenvalue weighted by molar-refractivity contribution is 0.112. The summed E-state index contributed by atoms with van der Waals surface area (Å²) in [5, 5.41) is 0.377. The fraction of sp³-hybridized carbons (Fsp3) is 0. The Kier molecular flexibility index (Phi) is 3.04. The summed E-state index contributed by atoms with van der Waals surface area (Å²) in [5.74, 6) is 0. The number of aldehydes is 1. The summed E-state index contributed by atoms with van der Waals surface area (Å²) in [6.45, 7) is 0. The van der Waals surface area contributed by atoms with Crippen molar-refractivity contribution in [3.8, 4) is 0 Å². The van der Waals surface area contributed by atoms with Gasteiger partial charge in [0.1, 0.15) is 4.60 Å². The molecule has 0 amide bonds. The van der Waals surface area contributed by atoms with Crippen LogP contribution < -0.4 is 0 Å². The average molecular weight is 299 g/mol. The molecule has 0 atom stereocenters. The van der Waals surface area contributed by atoms with E-state index in [2.05, 4.69) is 36.8 Å². The molecule has 1 aromatic heterocycles. The fourth-order valence-corrected chi connectivity index (χ4v) is 1.57. The quantitative estimate of drug-likeness (QED) is 0.589. The predicted octanol–water partition coefficient (Wildman–Crippen LogP) is 3.07. The first-order chi connectivity index (χ1) is 5.16. The number of carbonyl (C=O) groups excluding carboxylic acids is 1. The van der Waals surface area contributed by atoms with Crippen LogP contribution in [-0.2, 0) is 0 Å². The van der Waals surface area contributed by atoms with E-state index in [4.69, 9.17) is 11.6 Å². The van der Waals surface area contributed by atoms with E-state index in [1.165, 1.54) is 6.20 Å². The molecule has 1 heterocycles. The van der Waals surface area contributed by atoms with Gasteiger partial charge in [-0.25, -0.2) is 4.98 Å². The molecule has 0 aliphatic rings. The first-order valence-corrected chi connectivity index (χ1v) is 4.58. The highest BCUT2D eigenvalue weighted by Crippen LogP contribution is 2.28. The normalized spacial score (nSPS) is 9.73. The van der Waals surface area contributed by atoms with Crippen LogP contribution in [0.4, 0.5) is 0 Å². The van der Waals surface area contributed by atoms with Gasteiger partial charge in [0.05, 0.1) is 15.1 Å². The Morgan fingerprint density at radius 2 is 2.18 bits per heavy atom. The molecule has 0 radical (unpaired) electrons. The molecule has 0 aliphatic heterocycles. The lowest BCUT2D eigenvalue weighted by atomic mass is 10.3. The summed E-state index contributed by atoms with van der Waals surface area (Å²) in [4.78, 5) is 14.3. The van der Waals surface area contributed by atoms with Gasteiger partial charge in [0.2, 0.25) is 0 Å². The number of hydrogen-bond donors (Lipinski definition) is 0. The number of nitrogens with zero attached hydrogens (tertiary/aromatic N) is 1. The van der Waals surface area contributed by atoms with Crippen LogP contribution in [0.2, 0.25) is 5.02 Å². The topological polar surface area (TPSA) is 30.0 Å². The highest BCUT2D eigenvalue weighted by Gasteiger charge is 2.08. The Morgan fingerprint density at radius 1 is 1.55 bits per heavy atom. The third-order valence-corrected chi connectivity index (χ3v) is 2.95. The Labute approximate surface area is 85.2 Å². The number of rotatable bonds is 1. The number of halogens is 3. The summed E-state index contributed by atoms with van der Waals surface area (Å²) in [5.41, 5.74) is 0.362. The third kappa shape index (κ3) is 1.80. The van der Waals surface area contributed by atoms with E-state index in [0.29, 0.717) is 25.9 Å². The van der Waals surface area contributed by atoms with Gasteiger partial charge in [-0.05, 0) is 31.9 Å². The number of carbonyl (C=O) groups is 1. The van der Waals surface area contributed by atoms with E-state index in [1.54, 1.807) is 0 Å². The summed E-state index contributed by atoms with van der Waals surface area (Å²) < 4.78 is 1.07. The summed E-state index contributed by atoms with van der Waals surface area (Å²) in [6.07, 6.45) is 2.18. The van der Waals surface area contributed by atoms with Gasteiger partial charge in [-0.15, -0.1) is 0 Å². The zero-order valence-corrected chi connectivity index (χ0v) is 9.07. The molecule has 0 aliphatic carbocycles. The fourth-order valence-electron chi connectivity index (χ4n) is 0.559. The molecule has 0 aromatic carbocycles. The first-order valence-electron chi connectivity index (χ1n) is 2.61. The third-order valence-electron chi connectivity index (χ3n) is 1.08. The van der Waals surface area contributed by atoms with Gasteiger partial charge in [-0.2, -0.15) is 0 Å². The lowest BCUT2D eigenvalue weighted by Crippen LogP contribution is -1.88. The largest absolute Gasteiger partial charge is 0.298 e. The smallest absolute Gasteiger partial charge is 0.154 e. The highest BCUT2D eigenvalue weighted by molar-refractivity contribution is 9.11. The van der Waals surface area contributed by atoms with Gasteiger partial charge in [0.25, 0.3) is 0 Å². The van der Waals surface area contributed by atoms with Crippen molar-refractivity contribution in [1.82, 2.24) is 4.98 Å². The minimum absolute atomic E-state index is 0.362. The minimum atomic E-state index is 0.362. The highest BCUT2D eigenvalue weighted by atomic mass is 79.9. The van der Waals surface area contributed by atoms with Crippen molar-refractivity contribution in [2.75, 3.05) is 0 Å².